The summed E-state index contributed by atoms with van der Waals surface area (Å²) in [6.07, 6.45) is 31.2. The molecule has 0 unspecified atom stereocenters. The number of hydrogen-bond acceptors (Lipinski definition) is 8. The molecular weight excluding hydrogens is 833 g/mol. The molecule has 0 aromatic heterocycles. The molecule has 66 heavy (non-hydrogen) atoms. The van der Waals surface area contributed by atoms with Gasteiger partial charge in [0, 0.05) is 74.6 Å². The second-order valence-corrected chi connectivity index (χ2v) is 17.8. The van der Waals surface area contributed by atoms with Gasteiger partial charge in [0.15, 0.2) is 0 Å². The van der Waals surface area contributed by atoms with E-state index in [2.05, 4.69) is 46.2 Å². The van der Waals surface area contributed by atoms with Crippen LogP contribution in [0.3, 0.4) is 0 Å². The second-order valence-electron chi connectivity index (χ2n) is 17.8. The van der Waals surface area contributed by atoms with Crippen LogP contribution in [0.15, 0.2) is 23.7 Å². The number of hydrogen-bond donors (Lipinski definition) is 2. The van der Waals surface area contributed by atoms with Crippen LogP contribution in [0.4, 0.5) is 0 Å². The molecule has 3 heterocycles. The number of carbonyl (C=O) groups is 6. The summed E-state index contributed by atoms with van der Waals surface area (Å²) in [4.78, 5) is 78.4. The Labute approximate surface area is 397 Å². The Morgan fingerprint density at radius 1 is 0.758 bits per heavy atom. The quantitative estimate of drug-likeness (QED) is 0.0844. The Kier molecular flexibility index (Phi) is 28.4. The first-order valence-electron chi connectivity index (χ1n) is 24.5. The maximum Gasteiger partial charge on any atom is 0.257 e. The average molecular weight is 911 g/mol. The van der Waals surface area contributed by atoms with E-state index < -0.39 is 0 Å². The molecule has 3 aliphatic rings. The second kappa shape index (κ2) is 33.1. The van der Waals surface area contributed by atoms with E-state index in [9.17, 15) is 28.8 Å². The SMILES string of the molecule is C#CCCCC[C@@H](C)C(=O)NCCCC[C@H]1C(OC)=CC(=O)N1C(=O)[C@H](C)CCCCC#C.COC1=CC(=O)N2C(=O)[C@H](C)CCCCC#CC#CCCCC[C@@H](C)C(=O)NCCCC[C@@H]12. The van der Waals surface area contributed by atoms with Crippen molar-refractivity contribution in [3.8, 4) is 48.4 Å². The first kappa shape index (κ1) is 56.7. The highest BCUT2D eigenvalue weighted by Gasteiger charge is 2.40. The number of imide groups is 2. The summed E-state index contributed by atoms with van der Waals surface area (Å²) in [5, 5.41) is 5.99. The van der Waals surface area contributed by atoms with Crippen LogP contribution in [0.2, 0.25) is 0 Å². The van der Waals surface area contributed by atoms with Gasteiger partial charge in [0.05, 0.1) is 26.3 Å². The van der Waals surface area contributed by atoms with Crippen molar-refractivity contribution in [1.29, 1.82) is 0 Å². The number of nitrogens with zero attached hydrogens (tertiary/aromatic N) is 2. The number of amides is 6. The van der Waals surface area contributed by atoms with E-state index in [4.69, 9.17) is 22.3 Å². The predicted octanol–water partition coefficient (Wildman–Crippen LogP) is 8.15. The number of fused-ring (bicyclic) bond motifs is 1. The summed E-state index contributed by atoms with van der Waals surface area (Å²) in [5.41, 5.74) is 0. The molecule has 0 radical (unpaired) electrons. The molecule has 0 saturated carbocycles. The zero-order valence-corrected chi connectivity index (χ0v) is 40.9. The Morgan fingerprint density at radius 3 is 1.94 bits per heavy atom. The molecule has 12 nitrogen and oxygen atoms in total. The fraction of sp³-hybridized carbons (Fsp3) is 0.667. The lowest BCUT2D eigenvalue weighted by atomic mass is 10.00. The maximum absolute atomic E-state index is 13.1. The monoisotopic (exact) mass is 911 g/mol. The normalized spacial score (nSPS) is 21.8. The summed E-state index contributed by atoms with van der Waals surface area (Å²) in [7, 11) is 3.06. The molecule has 0 fully saturated rings. The van der Waals surface area contributed by atoms with Crippen molar-refractivity contribution in [2.45, 2.75) is 181 Å². The van der Waals surface area contributed by atoms with E-state index in [-0.39, 0.29) is 71.2 Å². The van der Waals surface area contributed by atoms with Gasteiger partial charge in [0.2, 0.25) is 23.6 Å². The first-order chi connectivity index (χ1) is 31.8. The minimum Gasteiger partial charge on any atom is -0.499 e. The van der Waals surface area contributed by atoms with Gasteiger partial charge in [-0.2, -0.15) is 0 Å². The molecule has 0 aliphatic carbocycles. The van der Waals surface area contributed by atoms with Gasteiger partial charge >= 0.3 is 0 Å². The van der Waals surface area contributed by atoms with Gasteiger partial charge in [-0.15, -0.1) is 24.7 Å². The van der Waals surface area contributed by atoms with Crippen LogP contribution >= 0.6 is 0 Å². The number of terminal acetylenes is 2. The third-order valence-electron chi connectivity index (χ3n) is 12.4. The van der Waals surface area contributed by atoms with Crippen LogP contribution in [-0.4, -0.2) is 84.6 Å². The van der Waals surface area contributed by atoms with Crippen molar-refractivity contribution < 1.29 is 38.2 Å². The summed E-state index contributed by atoms with van der Waals surface area (Å²) in [5.74, 6) is 16.9. The van der Waals surface area contributed by atoms with Crippen molar-refractivity contribution in [2.75, 3.05) is 27.3 Å². The summed E-state index contributed by atoms with van der Waals surface area (Å²) >= 11 is 0. The molecular formula is C54H78N4O8. The highest BCUT2D eigenvalue weighted by molar-refractivity contribution is 6.05. The Bertz CT molecular complexity index is 1870. The molecule has 2 N–H and O–H groups in total. The molecule has 0 saturated heterocycles. The molecule has 0 spiro atoms. The minimum atomic E-state index is -0.381. The number of nitrogens with one attached hydrogen (secondary N) is 2. The van der Waals surface area contributed by atoms with E-state index in [0.29, 0.717) is 50.3 Å². The smallest absolute Gasteiger partial charge is 0.257 e. The maximum atomic E-state index is 13.1. The number of rotatable bonds is 17. The molecule has 362 valence electrons. The van der Waals surface area contributed by atoms with Crippen LogP contribution in [-0.2, 0) is 38.2 Å². The summed E-state index contributed by atoms with van der Waals surface area (Å²) in [6, 6.07) is -0.743. The minimum absolute atomic E-state index is 0.0237. The lowest BCUT2D eigenvalue weighted by molar-refractivity contribution is -0.147. The molecule has 3 rings (SSSR count). The largest absolute Gasteiger partial charge is 0.499 e. The van der Waals surface area contributed by atoms with Crippen LogP contribution < -0.4 is 10.6 Å². The van der Waals surface area contributed by atoms with Crippen molar-refractivity contribution in [1.82, 2.24) is 20.4 Å². The first-order valence-corrected chi connectivity index (χ1v) is 24.5. The van der Waals surface area contributed by atoms with Crippen molar-refractivity contribution >= 4 is 35.4 Å². The highest BCUT2D eigenvalue weighted by atomic mass is 16.5. The zero-order valence-electron chi connectivity index (χ0n) is 40.9. The fourth-order valence-electron chi connectivity index (χ4n) is 8.17. The third kappa shape index (κ3) is 20.4. The molecule has 6 amide bonds. The number of unbranched alkanes of at least 4 members (excludes halogenated alkanes) is 5. The number of methoxy groups -OCH3 is 2. The molecule has 0 aromatic rings. The van der Waals surface area contributed by atoms with Gasteiger partial charge in [-0.05, 0) is 102 Å². The van der Waals surface area contributed by atoms with Crippen LogP contribution in [0, 0.1) is 72.0 Å². The number of ether oxygens (including phenoxy) is 2. The molecule has 6 atom stereocenters. The van der Waals surface area contributed by atoms with Crippen LogP contribution in [0.5, 0.6) is 0 Å². The van der Waals surface area contributed by atoms with Crippen molar-refractivity contribution in [2.24, 2.45) is 23.7 Å². The molecule has 0 aromatic carbocycles. The van der Waals surface area contributed by atoms with E-state index >= 15 is 0 Å². The third-order valence-corrected chi connectivity index (χ3v) is 12.4. The van der Waals surface area contributed by atoms with Gasteiger partial charge in [-0.1, -0.05) is 65.2 Å². The van der Waals surface area contributed by atoms with Gasteiger partial charge in [0.1, 0.15) is 11.5 Å². The average Bonchev–Trinajstić information content (AvgIpc) is 3.81. The fourth-order valence-corrected chi connectivity index (χ4v) is 8.17. The van der Waals surface area contributed by atoms with Gasteiger partial charge < -0.3 is 20.1 Å². The summed E-state index contributed by atoms with van der Waals surface area (Å²) in [6.45, 7) is 8.79. The molecule has 0 bridgehead atoms. The van der Waals surface area contributed by atoms with E-state index in [1.165, 1.54) is 36.2 Å². The topological polar surface area (TPSA) is 151 Å². The zero-order chi connectivity index (χ0) is 48.7. The van der Waals surface area contributed by atoms with E-state index in [1.54, 1.807) is 0 Å². The van der Waals surface area contributed by atoms with E-state index in [1.807, 2.05) is 27.7 Å². The van der Waals surface area contributed by atoms with Crippen LogP contribution in [0.1, 0.15) is 169 Å². The Morgan fingerprint density at radius 2 is 1.33 bits per heavy atom. The van der Waals surface area contributed by atoms with E-state index in [0.717, 1.165) is 116 Å². The van der Waals surface area contributed by atoms with Crippen molar-refractivity contribution in [3.63, 3.8) is 0 Å². The van der Waals surface area contributed by atoms with Gasteiger partial charge in [-0.25, -0.2) is 0 Å². The van der Waals surface area contributed by atoms with Gasteiger partial charge in [0.25, 0.3) is 11.8 Å². The Hall–Kier alpha value is -5.46. The lowest BCUT2D eigenvalue weighted by Crippen LogP contribution is -2.43. The van der Waals surface area contributed by atoms with Crippen LogP contribution in [0.25, 0.3) is 0 Å². The molecule has 12 heteroatoms. The predicted molar refractivity (Wildman–Crippen MR) is 259 cm³/mol. The lowest BCUT2D eigenvalue weighted by Gasteiger charge is -2.27. The number of carbonyl (C=O) groups excluding carboxylic acids is 6. The standard InChI is InChI=1S/C27H38N2O4.C27H40N2O4/c1-21-16-12-10-8-6-4-5-7-9-11-13-17-22(2)27(32)29-23(24(33-3)20-25(29)30)18-14-15-19-28-26(21)31;1-6-8-10-12-16-21(3)26(31)28-19-15-14-18-23-24(33-5)20-25(30)29(23)27(32)22(4)17-13-11-9-7-2/h20-23H,8-19H2,1-3H3,(H,28,31);1-2,20-23H,8-19H2,3-5H3,(H,28,31)/t2*21-,22-,23+/m11/s1. The summed E-state index contributed by atoms with van der Waals surface area (Å²) < 4.78 is 10.8. The molecule has 3 aliphatic heterocycles. The van der Waals surface area contributed by atoms with Crippen molar-refractivity contribution in [3.05, 3.63) is 23.7 Å². The van der Waals surface area contributed by atoms with Gasteiger partial charge in [-0.3, -0.25) is 38.6 Å². The Balaban J connectivity index is 0.000000453. The highest BCUT2D eigenvalue weighted by Crippen LogP contribution is 2.29.